The summed E-state index contributed by atoms with van der Waals surface area (Å²) in [7, 11) is 0. The number of hydrogen-bond acceptors (Lipinski definition) is 2. The molecule has 1 heterocycles. The van der Waals surface area contributed by atoms with Crippen molar-refractivity contribution < 1.29 is 9.59 Å². The summed E-state index contributed by atoms with van der Waals surface area (Å²) in [5, 5.41) is 2.90. The Morgan fingerprint density at radius 2 is 1.85 bits per heavy atom. The van der Waals surface area contributed by atoms with Crippen LogP contribution in [0.5, 0.6) is 0 Å². The van der Waals surface area contributed by atoms with E-state index in [1.54, 1.807) is 11.8 Å². The molecule has 108 valence electrons. The topological polar surface area (TPSA) is 49.4 Å². The molecule has 2 amide bonds. The molecular weight excluding hydrogens is 252 g/mol. The SMILES string of the molecule is CCC1(C)NC(=O)C(c2ccccc2)N(C(C)C)C1=O. The van der Waals surface area contributed by atoms with Crippen molar-refractivity contribution >= 4 is 11.8 Å². The molecule has 2 rings (SSSR count). The number of rotatable bonds is 3. The highest BCUT2D eigenvalue weighted by atomic mass is 16.2. The quantitative estimate of drug-likeness (QED) is 0.919. The van der Waals surface area contributed by atoms with E-state index in [0.29, 0.717) is 6.42 Å². The molecule has 0 radical (unpaired) electrons. The van der Waals surface area contributed by atoms with Gasteiger partial charge in [0, 0.05) is 6.04 Å². The molecule has 1 fully saturated rings. The first-order chi connectivity index (χ1) is 9.40. The van der Waals surface area contributed by atoms with Crippen LogP contribution >= 0.6 is 0 Å². The molecule has 2 atom stereocenters. The molecule has 0 aromatic heterocycles. The summed E-state index contributed by atoms with van der Waals surface area (Å²) < 4.78 is 0. The largest absolute Gasteiger partial charge is 0.340 e. The van der Waals surface area contributed by atoms with E-state index >= 15 is 0 Å². The van der Waals surface area contributed by atoms with Gasteiger partial charge in [-0.25, -0.2) is 0 Å². The van der Waals surface area contributed by atoms with E-state index in [4.69, 9.17) is 0 Å². The van der Waals surface area contributed by atoms with Crippen molar-refractivity contribution in [2.75, 3.05) is 0 Å². The molecule has 0 saturated carbocycles. The minimum absolute atomic E-state index is 0.0107. The monoisotopic (exact) mass is 274 g/mol. The van der Waals surface area contributed by atoms with Gasteiger partial charge in [0.1, 0.15) is 11.6 Å². The third-order valence-electron chi connectivity index (χ3n) is 4.01. The smallest absolute Gasteiger partial charge is 0.249 e. The first kappa shape index (κ1) is 14.6. The molecule has 2 unspecified atom stereocenters. The predicted molar refractivity (Wildman–Crippen MR) is 78.0 cm³/mol. The summed E-state index contributed by atoms with van der Waals surface area (Å²) in [6.45, 7) is 7.61. The van der Waals surface area contributed by atoms with Gasteiger partial charge in [0.2, 0.25) is 11.8 Å². The van der Waals surface area contributed by atoms with E-state index in [1.807, 2.05) is 51.1 Å². The molecule has 0 spiro atoms. The third kappa shape index (κ3) is 2.30. The predicted octanol–water partition coefficient (Wildman–Crippen LogP) is 2.26. The van der Waals surface area contributed by atoms with Crippen molar-refractivity contribution in [1.29, 1.82) is 0 Å². The van der Waals surface area contributed by atoms with Crippen LogP contribution in [0.1, 0.15) is 45.7 Å². The Labute approximate surface area is 120 Å². The lowest BCUT2D eigenvalue weighted by molar-refractivity contribution is -0.157. The lowest BCUT2D eigenvalue weighted by Crippen LogP contribution is -2.67. The normalized spacial score (nSPS) is 26.9. The number of carbonyl (C=O) groups is 2. The van der Waals surface area contributed by atoms with Crippen LogP contribution in [-0.2, 0) is 9.59 Å². The first-order valence-electron chi connectivity index (χ1n) is 7.10. The van der Waals surface area contributed by atoms with Gasteiger partial charge in [0.25, 0.3) is 0 Å². The summed E-state index contributed by atoms with van der Waals surface area (Å²) in [5.41, 5.74) is 0.0531. The van der Waals surface area contributed by atoms with Gasteiger partial charge < -0.3 is 10.2 Å². The van der Waals surface area contributed by atoms with Crippen molar-refractivity contribution in [3.05, 3.63) is 35.9 Å². The van der Waals surface area contributed by atoms with Gasteiger partial charge in [0.05, 0.1) is 0 Å². The van der Waals surface area contributed by atoms with Gasteiger partial charge in [-0.3, -0.25) is 9.59 Å². The summed E-state index contributed by atoms with van der Waals surface area (Å²) >= 11 is 0. The Morgan fingerprint density at radius 1 is 1.25 bits per heavy atom. The van der Waals surface area contributed by atoms with Crippen molar-refractivity contribution in [3.8, 4) is 0 Å². The average molecular weight is 274 g/mol. The second-order valence-electron chi connectivity index (χ2n) is 5.79. The van der Waals surface area contributed by atoms with E-state index in [9.17, 15) is 9.59 Å². The number of piperazine rings is 1. The summed E-state index contributed by atoms with van der Waals surface area (Å²) in [4.78, 5) is 27.0. The van der Waals surface area contributed by atoms with Crippen molar-refractivity contribution in [2.24, 2.45) is 0 Å². The van der Waals surface area contributed by atoms with Gasteiger partial charge in [-0.15, -0.1) is 0 Å². The first-order valence-corrected chi connectivity index (χ1v) is 7.10. The summed E-state index contributed by atoms with van der Waals surface area (Å²) in [6.07, 6.45) is 0.586. The number of hydrogen-bond donors (Lipinski definition) is 1. The van der Waals surface area contributed by atoms with E-state index in [2.05, 4.69) is 5.32 Å². The molecule has 1 saturated heterocycles. The lowest BCUT2D eigenvalue weighted by atomic mass is 9.88. The standard InChI is InChI=1S/C16H22N2O2/c1-5-16(4)15(20)18(11(2)3)13(14(19)17-16)12-9-7-6-8-10-12/h6-11,13H,5H2,1-4H3,(H,17,19). The Hall–Kier alpha value is -1.84. The van der Waals surface area contributed by atoms with Crippen LogP contribution in [0.2, 0.25) is 0 Å². The maximum atomic E-state index is 12.8. The molecule has 20 heavy (non-hydrogen) atoms. The highest BCUT2D eigenvalue weighted by molar-refractivity contribution is 6.00. The fourth-order valence-corrected chi connectivity index (χ4v) is 2.64. The number of nitrogens with one attached hydrogen (secondary N) is 1. The average Bonchev–Trinajstić information content (AvgIpc) is 2.43. The van der Waals surface area contributed by atoms with Crippen molar-refractivity contribution in [2.45, 2.75) is 51.7 Å². The Morgan fingerprint density at radius 3 is 2.35 bits per heavy atom. The molecule has 1 aliphatic heterocycles. The highest BCUT2D eigenvalue weighted by Gasteiger charge is 2.48. The number of benzene rings is 1. The minimum atomic E-state index is -0.799. The van der Waals surface area contributed by atoms with Crippen molar-refractivity contribution in [3.63, 3.8) is 0 Å². The van der Waals surface area contributed by atoms with Gasteiger partial charge in [-0.1, -0.05) is 37.3 Å². The lowest BCUT2D eigenvalue weighted by Gasteiger charge is -2.46. The maximum Gasteiger partial charge on any atom is 0.249 e. The van der Waals surface area contributed by atoms with Crippen LogP contribution in [0, 0.1) is 0 Å². The summed E-state index contributed by atoms with van der Waals surface area (Å²) in [5.74, 6) is -0.114. The number of nitrogens with zero attached hydrogens (tertiary/aromatic N) is 1. The second kappa shape index (κ2) is 5.27. The third-order valence-corrected chi connectivity index (χ3v) is 4.01. The van der Waals surface area contributed by atoms with Gasteiger partial charge >= 0.3 is 0 Å². The van der Waals surface area contributed by atoms with E-state index in [-0.39, 0.29) is 17.9 Å². The van der Waals surface area contributed by atoms with Gasteiger partial charge in [-0.2, -0.15) is 0 Å². The molecule has 0 aliphatic carbocycles. The molecule has 1 N–H and O–H groups in total. The maximum absolute atomic E-state index is 12.8. The molecule has 1 aromatic rings. The summed E-state index contributed by atoms with van der Waals surface area (Å²) in [6, 6.07) is 8.90. The van der Waals surface area contributed by atoms with Gasteiger partial charge in [0.15, 0.2) is 0 Å². The van der Waals surface area contributed by atoms with E-state index < -0.39 is 11.6 Å². The molecule has 4 heteroatoms. The van der Waals surface area contributed by atoms with Crippen molar-refractivity contribution in [1.82, 2.24) is 10.2 Å². The molecule has 0 bridgehead atoms. The fourth-order valence-electron chi connectivity index (χ4n) is 2.64. The van der Waals surface area contributed by atoms with Crippen LogP contribution in [0.3, 0.4) is 0 Å². The van der Waals surface area contributed by atoms with E-state index in [0.717, 1.165) is 5.56 Å². The highest BCUT2D eigenvalue weighted by Crippen LogP contribution is 2.32. The Balaban J connectivity index is 2.47. The molecular formula is C16H22N2O2. The van der Waals surface area contributed by atoms with Gasteiger partial charge in [-0.05, 0) is 32.8 Å². The van der Waals surface area contributed by atoms with Crippen LogP contribution in [0.4, 0.5) is 0 Å². The second-order valence-corrected chi connectivity index (χ2v) is 5.79. The Bertz CT molecular complexity index is 512. The zero-order valence-electron chi connectivity index (χ0n) is 12.5. The van der Waals surface area contributed by atoms with Crippen LogP contribution in [0.25, 0.3) is 0 Å². The molecule has 4 nitrogen and oxygen atoms in total. The zero-order chi connectivity index (χ0) is 14.9. The minimum Gasteiger partial charge on any atom is -0.340 e. The molecule has 1 aliphatic rings. The fraction of sp³-hybridized carbons (Fsp3) is 0.500. The molecule has 1 aromatic carbocycles. The number of carbonyl (C=O) groups excluding carboxylic acids is 2. The van der Waals surface area contributed by atoms with Crippen LogP contribution in [-0.4, -0.2) is 28.3 Å². The number of amides is 2. The van der Waals surface area contributed by atoms with E-state index in [1.165, 1.54) is 0 Å². The Kier molecular flexibility index (Phi) is 3.84. The van der Waals surface area contributed by atoms with Crippen LogP contribution in [0.15, 0.2) is 30.3 Å². The zero-order valence-corrected chi connectivity index (χ0v) is 12.5. The van der Waals surface area contributed by atoms with Crippen LogP contribution < -0.4 is 5.32 Å².